The van der Waals surface area contributed by atoms with Crippen LogP contribution in [0.1, 0.15) is 16.1 Å². The molecule has 0 aliphatic rings. The Hall–Kier alpha value is -1.95. The normalized spacial score (nSPS) is 10.3. The van der Waals surface area contributed by atoms with Gasteiger partial charge in [-0.3, -0.25) is 4.79 Å². The van der Waals surface area contributed by atoms with E-state index < -0.39 is 11.7 Å². The van der Waals surface area contributed by atoms with E-state index in [2.05, 4.69) is 26.2 Å². The number of anilines is 2. The molecule has 1 aromatic carbocycles. The average Bonchev–Trinajstić information content (AvgIpc) is 2.34. The Morgan fingerprint density at radius 3 is 2.74 bits per heavy atom. The second-order valence-corrected chi connectivity index (χ2v) is 4.88. The van der Waals surface area contributed by atoms with Gasteiger partial charge >= 0.3 is 0 Å². The number of hydrogen-bond acceptors (Lipinski definition) is 3. The molecule has 1 aromatic heterocycles. The van der Waals surface area contributed by atoms with Crippen molar-refractivity contribution in [3.63, 3.8) is 0 Å². The quantitative estimate of drug-likeness (QED) is 0.834. The smallest absolute Gasteiger partial charge is 0.274 e. The van der Waals surface area contributed by atoms with Crippen molar-refractivity contribution >= 4 is 33.2 Å². The fourth-order valence-electron chi connectivity index (χ4n) is 1.59. The van der Waals surface area contributed by atoms with E-state index in [-0.39, 0.29) is 5.69 Å². The van der Waals surface area contributed by atoms with Gasteiger partial charge < -0.3 is 11.1 Å². The molecular formula is C13H11BrFN3O. The number of pyridine rings is 1. The summed E-state index contributed by atoms with van der Waals surface area (Å²) in [5.41, 5.74) is 7.86. The molecule has 2 aromatic rings. The van der Waals surface area contributed by atoms with Gasteiger partial charge in [0.15, 0.2) is 0 Å². The number of nitrogens with zero attached hydrogens (tertiary/aromatic N) is 1. The molecule has 19 heavy (non-hydrogen) atoms. The highest BCUT2D eigenvalue weighted by atomic mass is 79.9. The second-order valence-electron chi connectivity index (χ2n) is 4.03. The molecular weight excluding hydrogens is 313 g/mol. The van der Waals surface area contributed by atoms with E-state index in [1.807, 2.05) is 13.0 Å². The lowest BCUT2D eigenvalue weighted by atomic mass is 10.2. The van der Waals surface area contributed by atoms with E-state index in [1.165, 1.54) is 12.1 Å². The minimum absolute atomic E-state index is 0.119. The molecule has 98 valence electrons. The summed E-state index contributed by atoms with van der Waals surface area (Å²) in [7, 11) is 0. The topological polar surface area (TPSA) is 68.0 Å². The molecule has 6 heteroatoms. The van der Waals surface area contributed by atoms with Gasteiger partial charge in [0.25, 0.3) is 5.91 Å². The zero-order valence-corrected chi connectivity index (χ0v) is 11.7. The van der Waals surface area contributed by atoms with Gasteiger partial charge in [-0.05, 0) is 52.7 Å². The van der Waals surface area contributed by atoms with Gasteiger partial charge in [-0.25, -0.2) is 9.37 Å². The highest BCUT2D eigenvalue weighted by Crippen LogP contribution is 2.30. The fourth-order valence-corrected chi connectivity index (χ4v) is 2.28. The van der Waals surface area contributed by atoms with Gasteiger partial charge in [0.1, 0.15) is 11.5 Å². The van der Waals surface area contributed by atoms with E-state index in [1.54, 1.807) is 6.07 Å². The predicted octanol–water partition coefficient (Wildman–Crippen LogP) is 3.13. The van der Waals surface area contributed by atoms with Crippen molar-refractivity contribution in [1.29, 1.82) is 0 Å². The van der Waals surface area contributed by atoms with E-state index in [0.29, 0.717) is 15.8 Å². The molecule has 2 rings (SSSR count). The molecule has 0 saturated carbocycles. The van der Waals surface area contributed by atoms with Crippen LogP contribution in [-0.2, 0) is 0 Å². The van der Waals surface area contributed by atoms with E-state index in [0.717, 1.165) is 11.8 Å². The van der Waals surface area contributed by atoms with Crippen LogP contribution in [0.4, 0.5) is 15.8 Å². The first-order valence-corrected chi connectivity index (χ1v) is 6.25. The van der Waals surface area contributed by atoms with Crippen molar-refractivity contribution in [3.05, 3.63) is 52.0 Å². The third kappa shape index (κ3) is 3.08. The van der Waals surface area contributed by atoms with Crippen molar-refractivity contribution in [3.8, 4) is 0 Å². The molecule has 1 amide bonds. The van der Waals surface area contributed by atoms with E-state index >= 15 is 0 Å². The molecule has 0 unspecified atom stereocenters. The number of rotatable bonds is 2. The van der Waals surface area contributed by atoms with Gasteiger partial charge in [-0.2, -0.15) is 0 Å². The minimum Gasteiger partial charge on any atom is -0.397 e. The molecule has 0 spiro atoms. The Morgan fingerprint density at radius 2 is 2.16 bits per heavy atom. The number of benzene rings is 1. The highest BCUT2D eigenvalue weighted by Gasteiger charge is 2.12. The summed E-state index contributed by atoms with van der Waals surface area (Å²) >= 11 is 3.34. The van der Waals surface area contributed by atoms with Gasteiger partial charge in [-0.1, -0.05) is 0 Å². The van der Waals surface area contributed by atoms with E-state index in [9.17, 15) is 9.18 Å². The van der Waals surface area contributed by atoms with Crippen molar-refractivity contribution in [2.24, 2.45) is 0 Å². The molecule has 0 fully saturated rings. The van der Waals surface area contributed by atoms with Crippen molar-refractivity contribution in [2.75, 3.05) is 11.1 Å². The maximum atomic E-state index is 12.7. The lowest BCUT2D eigenvalue weighted by molar-refractivity contribution is 0.102. The first-order chi connectivity index (χ1) is 8.97. The van der Waals surface area contributed by atoms with Crippen molar-refractivity contribution in [2.45, 2.75) is 6.92 Å². The number of amides is 1. The Balaban J connectivity index is 2.26. The molecule has 0 radical (unpaired) electrons. The number of nitrogens with one attached hydrogen (secondary N) is 1. The summed E-state index contributed by atoms with van der Waals surface area (Å²) in [5.74, 6) is -0.941. The van der Waals surface area contributed by atoms with Crippen LogP contribution in [0.5, 0.6) is 0 Å². The largest absolute Gasteiger partial charge is 0.397 e. The highest BCUT2D eigenvalue weighted by molar-refractivity contribution is 9.10. The number of carbonyl (C=O) groups excluding carboxylic acids is 1. The maximum Gasteiger partial charge on any atom is 0.274 e. The van der Waals surface area contributed by atoms with Crippen LogP contribution in [0.2, 0.25) is 0 Å². The maximum absolute atomic E-state index is 12.7. The van der Waals surface area contributed by atoms with Gasteiger partial charge in [-0.15, -0.1) is 0 Å². The summed E-state index contributed by atoms with van der Waals surface area (Å²) in [5, 5.41) is 2.65. The van der Waals surface area contributed by atoms with Crippen LogP contribution in [0.3, 0.4) is 0 Å². The Morgan fingerprint density at radius 1 is 1.42 bits per heavy atom. The van der Waals surface area contributed by atoms with E-state index in [4.69, 9.17) is 5.73 Å². The minimum atomic E-state index is -0.493. The standard InChI is InChI=1S/C13H11BrFN3O/c1-7-4-9(14)12(10(16)5-7)18-13(19)11-3-2-8(15)6-17-11/h2-6H,16H2,1H3,(H,18,19). The molecule has 0 aliphatic carbocycles. The number of carbonyl (C=O) groups is 1. The fraction of sp³-hybridized carbons (Fsp3) is 0.0769. The number of nitrogens with two attached hydrogens (primary N) is 1. The van der Waals surface area contributed by atoms with Crippen LogP contribution < -0.4 is 11.1 Å². The van der Waals surface area contributed by atoms with Crippen LogP contribution in [-0.4, -0.2) is 10.9 Å². The van der Waals surface area contributed by atoms with Gasteiger partial charge in [0.2, 0.25) is 0 Å². The first-order valence-electron chi connectivity index (χ1n) is 5.46. The molecule has 0 aliphatic heterocycles. The SMILES string of the molecule is Cc1cc(N)c(NC(=O)c2ccc(F)cn2)c(Br)c1. The van der Waals surface area contributed by atoms with Crippen LogP contribution in [0.25, 0.3) is 0 Å². The third-order valence-electron chi connectivity index (χ3n) is 2.46. The molecule has 0 saturated heterocycles. The number of aromatic nitrogens is 1. The molecule has 0 atom stereocenters. The molecule has 3 N–H and O–H groups in total. The molecule has 4 nitrogen and oxygen atoms in total. The lowest BCUT2D eigenvalue weighted by Crippen LogP contribution is -2.15. The Kier molecular flexibility index (Phi) is 3.80. The summed E-state index contributed by atoms with van der Waals surface area (Å²) in [4.78, 5) is 15.7. The van der Waals surface area contributed by atoms with Gasteiger partial charge in [0, 0.05) is 4.47 Å². The number of aryl methyl sites for hydroxylation is 1. The van der Waals surface area contributed by atoms with Crippen LogP contribution in [0, 0.1) is 12.7 Å². The summed E-state index contributed by atoms with van der Waals surface area (Å²) in [6, 6.07) is 6.07. The van der Waals surface area contributed by atoms with Crippen molar-refractivity contribution < 1.29 is 9.18 Å². The lowest BCUT2D eigenvalue weighted by Gasteiger charge is -2.11. The summed E-state index contributed by atoms with van der Waals surface area (Å²) in [6.45, 7) is 1.90. The predicted molar refractivity (Wildman–Crippen MR) is 75.4 cm³/mol. The average molecular weight is 324 g/mol. The van der Waals surface area contributed by atoms with Crippen LogP contribution >= 0.6 is 15.9 Å². The zero-order chi connectivity index (χ0) is 14.0. The summed E-state index contributed by atoms with van der Waals surface area (Å²) in [6.07, 6.45) is 0.989. The number of hydrogen-bond donors (Lipinski definition) is 2. The van der Waals surface area contributed by atoms with Gasteiger partial charge in [0.05, 0.1) is 17.6 Å². The first kappa shape index (κ1) is 13.5. The number of nitrogen functional groups attached to an aromatic ring is 1. The third-order valence-corrected chi connectivity index (χ3v) is 3.09. The summed E-state index contributed by atoms with van der Waals surface area (Å²) < 4.78 is 13.4. The molecule has 1 heterocycles. The zero-order valence-electron chi connectivity index (χ0n) is 10.1. The van der Waals surface area contributed by atoms with Crippen molar-refractivity contribution in [1.82, 2.24) is 4.98 Å². The Bertz CT molecular complexity index is 605. The van der Waals surface area contributed by atoms with Crippen LogP contribution in [0.15, 0.2) is 34.9 Å². The number of halogens is 2. The monoisotopic (exact) mass is 323 g/mol. The second kappa shape index (κ2) is 5.36. The Labute approximate surface area is 118 Å². The molecule has 0 bridgehead atoms.